The number of amides is 1. The zero-order valence-electron chi connectivity index (χ0n) is 17.1. The van der Waals surface area contributed by atoms with Gasteiger partial charge in [-0.1, -0.05) is 41.6 Å². The van der Waals surface area contributed by atoms with Crippen molar-refractivity contribution in [3.63, 3.8) is 0 Å². The van der Waals surface area contributed by atoms with E-state index in [-0.39, 0.29) is 16.7 Å². The Bertz CT molecular complexity index is 1150. The summed E-state index contributed by atoms with van der Waals surface area (Å²) < 4.78 is 1.59. The van der Waals surface area contributed by atoms with E-state index in [1.54, 1.807) is 16.7 Å². The van der Waals surface area contributed by atoms with Crippen molar-refractivity contribution in [1.29, 1.82) is 0 Å². The molecule has 1 aliphatic heterocycles. The number of thioether (sulfide) groups is 1. The first kappa shape index (κ1) is 20.9. The number of nitrogens with zero attached hydrogens (tertiary/aromatic N) is 3. The van der Waals surface area contributed by atoms with Gasteiger partial charge in [0.25, 0.3) is 5.56 Å². The molecular formula is C23H24ClN3O2S. The lowest BCUT2D eigenvalue weighted by Gasteiger charge is -2.29. The van der Waals surface area contributed by atoms with Gasteiger partial charge < -0.3 is 4.90 Å². The third-order valence-corrected chi connectivity index (χ3v) is 6.97. The fourth-order valence-electron chi connectivity index (χ4n) is 3.82. The maximum absolute atomic E-state index is 13.4. The largest absolute Gasteiger partial charge is 0.342 e. The molecule has 3 aromatic rings. The molecule has 0 bridgehead atoms. The Kier molecular flexibility index (Phi) is 6.16. The average Bonchev–Trinajstić information content (AvgIpc) is 2.76. The van der Waals surface area contributed by atoms with Crippen LogP contribution in [0.1, 0.15) is 31.7 Å². The Balaban J connectivity index is 1.81. The third kappa shape index (κ3) is 3.98. The number of hydrogen-bond donors (Lipinski definition) is 0. The molecule has 1 saturated heterocycles. The molecule has 0 spiro atoms. The van der Waals surface area contributed by atoms with Crippen molar-refractivity contribution in [3.8, 4) is 5.69 Å². The van der Waals surface area contributed by atoms with Crippen LogP contribution in [-0.4, -0.2) is 38.7 Å². The van der Waals surface area contributed by atoms with E-state index in [1.807, 2.05) is 49.1 Å². The number of aromatic nitrogens is 2. The Labute approximate surface area is 185 Å². The number of piperidine rings is 1. The van der Waals surface area contributed by atoms with Crippen LogP contribution in [0.2, 0.25) is 5.02 Å². The zero-order valence-corrected chi connectivity index (χ0v) is 18.7. The van der Waals surface area contributed by atoms with Crippen LogP contribution < -0.4 is 5.56 Å². The quantitative estimate of drug-likeness (QED) is 0.429. The highest BCUT2D eigenvalue weighted by molar-refractivity contribution is 8.00. The lowest BCUT2D eigenvalue weighted by atomic mass is 10.1. The number of halogens is 1. The van der Waals surface area contributed by atoms with Crippen LogP contribution in [-0.2, 0) is 4.79 Å². The number of carbonyl (C=O) groups is 1. The molecule has 1 unspecified atom stereocenters. The van der Waals surface area contributed by atoms with Crippen LogP contribution >= 0.6 is 23.4 Å². The molecule has 2 heterocycles. The minimum Gasteiger partial charge on any atom is -0.342 e. The van der Waals surface area contributed by atoms with E-state index in [0.717, 1.165) is 31.5 Å². The average molecular weight is 442 g/mol. The van der Waals surface area contributed by atoms with Crippen LogP contribution in [0.25, 0.3) is 16.6 Å². The van der Waals surface area contributed by atoms with Gasteiger partial charge in [0.2, 0.25) is 5.91 Å². The van der Waals surface area contributed by atoms with E-state index in [1.165, 1.54) is 18.2 Å². The summed E-state index contributed by atoms with van der Waals surface area (Å²) in [5.41, 5.74) is 1.95. The summed E-state index contributed by atoms with van der Waals surface area (Å²) >= 11 is 7.67. The maximum Gasteiger partial charge on any atom is 0.266 e. The van der Waals surface area contributed by atoms with Crippen LogP contribution in [0.5, 0.6) is 0 Å². The summed E-state index contributed by atoms with van der Waals surface area (Å²) in [5, 5.41) is 1.28. The minimum atomic E-state index is -0.345. The molecule has 0 radical (unpaired) electrons. The fourth-order valence-corrected chi connectivity index (χ4v) is 5.00. The van der Waals surface area contributed by atoms with Gasteiger partial charge in [-0.3, -0.25) is 14.2 Å². The number of carbonyl (C=O) groups excluding carboxylic acids is 1. The molecule has 0 saturated carbocycles. The SMILES string of the molecule is Cc1c(Cl)cccc1-n1c(SC(C)C(=O)N2CCCCC2)nc2ccccc2c1=O. The van der Waals surface area contributed by atoms with Crippen molar-refractivity contribution >= 4 is 40.2 Å². The predicted octanol–water partition coefficient (Wildman–Crippen LogP) is 4.84. The van der Waals surface area contributed by atoms with E-state index in [4.69, 9.17) is 16.6 Å². The first-order chi connectivity index (χ1) is 14.5. The van der Waals surface area contributed by atoms with Crippen molar-refractivity contribution in [2.45, 2.75) is 43.5 Å². The third-order valence-electron chi connectivity index (χ3n) is 5.52. The Morgan fingerprint density at radius 2 is 1.83 bits per heavy atom. The second kappa shape index (κ2) is 8.82. The molecule has 7 heteroatoms. The lowest BCUT2D eigenvalue weighted by molar-refractivity contribution is -0.131. The summed E-state index contributed by atoms with van der Waals surface area (Å²) in [6, 6.07) is 12.8. The second-order valence-electron chi connectivity index (χ2n) is 7.58. The molecule has 1 atom stereocenters. The van der Waals surface area contributed by atoms with Gasteiger partial charge >= 0.3 is 0 Å². The summed E-state index contributed by atoms with van der Waals surface area (Å²) in [5.74, 6) is 0.0940. The molecule has 30 heavy (non-hydrogen) atoms. The van der Waals surface area contributed by atoms with Gasteiger partial charge in [0.15, 0.2) is 5.16 Å². The molecular weight excluding hydrogens is 418 g/mol. The molecule has 5 nitrogen and oxygen atoms in total. The number of rotatable bonds is 4. The number of likely N-dealkylation sites (tertiary alicyclic amines) is 1. The first-order valence-electron chi connectivity index (χ1n) is 10.2. The Morgan fingerprint density at radius 3 is 2.60 bits per heavy atom. The summed E-state index contributed by atoms with van der Waals surface area (Å²) in [6.45, 7) is 5.37. The molecule has 4 rings (SSSR count). The van der Waals surface area contributed by atoms with Crippen molar-refractivity contribution < 1.29 is 4.79 Å². The minimum absolute atomic E-state index is 0.0940. The predicted molar refractivity (Wildman–Crippen MR) is 123 cm³/mol. The van der Waals surface area contributed by atoms with E-state index in [9.17, 15) is 9.59 Å². The van der Waals surface area contributed by atoms with Crippen LogP contribution in [0.15, 0.2) is 52.4 Å². The second-order valence-corrected chi connectivity index (χ2v) is 9.30. The number of fused-ring (bicyclic) bond motifs is 1. The maximum atomic E-state index is 13.4. The number of benzene rings is 2. The molecule has 1 aliphatic rings. The van der Waals surface area contributed by atoms with Crippen molar-refractivity contribution in [3.05, 3.63) is 63.4 Å². The lowest BCUT2D eigenvalue weighted by Crippen LogP contribution is -2.40. The summed E-state index contributed by atoms with van der Waals surface area (Å²) in [6.07, 6.45) is 3.26. The normalized spacial score (nSPS) is 15.4. The molecule has 2 aromatic carbocycles. The first-order valence-corrected chi connectivity index (χ1v) is 11.5. The van der Waals surface area contributed by atoms with E-state index >= 15 is 0 Å². The zero-order chi connectivity index (χ0) is 21.3. The van der Waals surface area contributed by atoms with E-state index < -0.39 is 0 Å². The monoisotopic (exact) mass is 441 g/mol. The van der Waals surface area contributed by atoms with Gasteiger partial charge in [0.1, 0.15) is 0 Å². The highest BCUT2D eigenvalue weighted by Gasteiger charge is 2.25. The standard InChI is InChI=1S/C23H24ClN3O2S/c1-15-18(24)10-8-12-20(15)27-22(29)17-9-4-5-11-19(17)25-23(27)30-16(2)21(28)26-13-6-3-7-14-26/h4-5,8-12,16H,3,6-7,13-14H2,1-2H3. The molecule has 1 fully saturated rings. The van der Waals surface area contributed by atoms with Gasteiger partial charge in [-0.2, -0.15) is 0 Å². The molecule has 0 aliphatic carbocycles. The van der Waals surface area contributed by atoms with Crippen LogP contribution in [0.4, 0.5) is 0 Å². The van der Waals surface area contributed by atoms with E-state index in [0.29, 0.717) is 26.8 Å². The Hall–Kier alpha value is -2.31. The van der Waals surface area contributed by atoms with Crippen molar-refractivity contribution in [2.24, 2.45) is 0 Å². The van der Waals surface area contributed by atoms with Crippen molar-refractivity contribution in [1.82, 2.24) is 14.5 Å². The smallest absolute Gasteiger partial charge is 0.266 e. The molecule has 1 amide bonds. The number of hydrogen-bond acceptors (Lipinski definition) is 4. The highest BCUT2D eigenvalue weighted by atomic mass is 35.5. The molecule has 156 valence electrons. The van der Waals surface area contributed by atoms with Gasteiger partial charge in [0.05, 0.1) is 21.8 Å². The van der Waals surface area contributed by atoms with Crippen LogP contribution in [0, 0.1) is 6.92 Å². The van der Waals surface area contributed by atoms with Crippen LogP contribution in [0.3, 0.4) is 0 Å². The molecule has 0 N–H and O–H groups in total. The van der Waals surface area contributed by atoms with Crippen molar-refractivity contribution in [2.75, 3.05) is 13.1 Å². The van der Waals surface area contributed by atoms with Gasteiger partial charge in [-0.15, -0.1) is 0 Å². The highest BCUT2D eigenvalue weighted by Crippen LogP contribution is 2.29. The number of para-hydroxylation sites is 1. The molecule has 1 aromatic heterocycles. The van der Waals surface area contributed by atoms with Gasteiger partial charge in [-0.25, -0.2) is 4.98 Å². The Morgan fingerprint density at radius 1 is 1.10 bits per heavy atom. The summed E-state index contributed by atoms with van der Waals surface area (Å²) in [7, 11) is 0. The van der Waals surface area contributed by atoms with Gasteiger partial charge in [-0.05, 0) is 62.9 Å². The van der Waals surface area contributed by atoms with E-state index in [2.05, 4.69) is 0 Å². The summed E-state index contributed by atoms with van der Waals surface area (Å²) in [4.78, 5) is 33.1. The fraction of sp³-hybridized carbons (Fsp3) is 0.348. The topological polar surface area (TPSA) is 55.2 Å². The van der Waals surface area contributed by atoms with Gasteiger partial charge in [0, 0.05) is 18.1 Å².